The topological polar surface area (TPSA) is 45.1 Å². The molecule has 0 radical (unpaired) electrons. The summed E-state index contributed by atoms with van der Waals surface area (Å²) in [7, 11) is 0. The van der Waals surface area contributed by atoms with E-state index in [-0.39, 0.29) is 11.8 Å². The van der Waals surface area contributed by atoms with Gasteiger partial charge in [0, 0.05) is 17.1 Å². The quantitative estimate of drug-likeness (QED) is 0.910. The van der Waals surface area contributed by atoms with Gasteiger partial charge in [-0.1, -0.05) is 28.1 Å². The fraction of sp³-hybridized carbons (Fsp3) is 0.214. The first-order chi connectivity index (χ1) is 8.65. The zero-order chi connectivity index (χ0) is 13.0. The lowest BCUT2D eigenvalue weighted by atomic mass is 10.1. The van der Waals surface area contributed by atoms with Crippen molar-refractivity contribution in [3.05, 3.63) is 58.3 Å². The normalized spacial score (nSPS) is 12.3. The monoisotopic (exact) mass is 306 g/mol. The van der Waals surface area contributed by atoms with E-state index in [1.165, 1.54) is 11.8 Å². The summed E-state index contributed by atoms with van der Waals surface area (Å²) in [5, 5.41) is 12.6. The van der Waals surface area contributed by atoms with Crippen LogP contribution in [0.2, 0.25) is 0 Å². The lowest BCUT2D eigenvalue weighted by Crippen LogP contribution is -2.18. The van der Waals surface area contributed by atoms with Crippen molar-refractivity contribution in [1.82, 2.24) is 10.3 Å². The SMILES string of the molecule is CC(NCc1ccc(O)cn1)c1cccc(Br)c1. The number of nitrogens with zero attached hydrogens (tertiary/aromatic N) is 1. The minimum atomic E-state index is 0.193. The van der Waals surface area contributed by atoms with Crippen LogP contribution in [0.25, 0.3) is 0 Å². The van der Waals surface area contributed by atoms with E-state index >= 15 is 0 Å². The van der Waals surface area contributed by atoms with Gasteiger partial charge in [-0.3, -0.25) is 4.98 Å². The second-order valence-corrected chi connectivity index (χ2v) is 5.08. The van der Waals surface area contributed by atoms with Crippen LogP contribution >= 0.6 is 15.9 Å². The average Bonchev–Trinajstić information content (AvgIpc) is 2.38. The van der Waals surface area contributed by atoms with E-state index in [4.69, 9.17) is 5.11 Å². The molecule has 0 aliphatic carbocycles. The second kappa shape index (κ2) is 5.98. The third kappa shape index (κ3) is 3.55. The Kier molecular flexibility index (Phi) is 4.33. The predicted octanol–water partition coefficient (Wildman–Crippen LogP) is 3.40. The Bertz CT molecular complexity index is 513. The van der Waals surface area contributed by atoms with Gasteiger partial charge in [0.1, 0.15) is 5.75 Å². The molecule has 3 nitrogen and oxygen atoms in total. The highest BCUT2D eigenvalue weighted by Crippen LogP contribution is 2.18. The molecule has 1 heterocycles. The second-order valence-electron chi connectivity index (χ2n) is 4.17. The summed E-state index contributed by atoms with van der Waals surface area (Å²) in [6, 6.07) is 11.9. The van der Waals surface area contributed by atoms with Crippen LogP contribution in [0.4, 0.5) is 0 Å². The molecule has 94 valence electrons. The number of pyridine rings is 1. The molecule has 0 spiro atoms. The van der Waals surface area contributed by atoms with Gasteiger partial charge in [0.05, 0.1) is 11.9 Å². The van der Waals surface area contributed by atoms with Crippen molar-refractivity contribution >= 4 is 15.9 Å². The van der Waals surface area contributed by atoms with Crippen LogP contribution < -0.4 is 5.32 Å². The van der Waals surface area contributed by atoms with Crippen molar-refractivity contribution in [1.29, 1.82) is 0 Å². The number of hydrogen-bond acceptors (Lipinski definition) is 3. The predicted molar refractivity (Wildman–Crippen MR) is 75.3 cm³/mol. The molecule has 1 aromatic carbocycles. The van der Waals surface area contributed by atoms with Gasteiger partial charge in [0.2, 0.25) is 0 Å². The molecule has 0 bridgehead atoms. The highest BCUT2D eigenvalue weighted by atomic mass is 79.9. The number of halogens is 1. The molecule has 2 rings (SSSR count). The fourth-order valence-corrected chi connectivity index (χ4v) is 2.09. The summed E-state index contributed by atoms with van der Waals surface area (Å²) < 4.78 is 1.08. The fourth-order valence-electron chi connectivity index (χ4n) is 1.67. The summed E-state index contributed by atoms with van der Waals surface area (Å²) in [6.45, 7) is 2.79. The first-order valence-electron chi connectivity index (χ1n) is 5.78. The van der Waals surface area contributed by atoms with Crippen LogP contribution in [-0.4, -0.2) is 10.1 Å². The van der Waals surface area contributed by atoms with E-state index in [0.717, 1.165) is 10.2 Å². The minimum absolute atomic E-state index is 0.193. The van der Waals surface area contributed by atoms with Crippen molar-refractivity contribution in [2.24, 2.45) is 0 Å². The third-order valence-corrected chi connectivity index (χ3v) is 3.24. The number of nitrogens with one attached hydrogen (secondary N) is 1. The van der Waals surface area contributed by atoms with Gasteiger partial charge in [-0.15, -0.1) is 0 Å². The highest BCUT2D eigenvalue weighted by Gasteiger charge is 2.05. The summed E-state index contributed by atoms with van der Waals surface area (Å²) in [4.78, 5) is 4.14. The van der Waals surface area contributed by atoms with Crippen LogP contribution in [0.3, 0.4) is 0 Å². The van der Waals surface area contributed by atoms with Gasteiger partial charge in [-0.05, 0) is 36.8 Å². The van der Waals surface area contributed by atoms with Crippen molar-refractivity contribution in [3.8, 4) is 5.75 Å². The third-order valence-electron chi connectivity index (χ3n) is 2.75. The maximum Gasteiger partial charge on any atom is 0.133 e. The number of aromatic nitrogens is 1. The van der Waals surface area contributed by atoms with Gasteiger partial charge in [-0.2, -0.15) is 0 Å². The molecule has 1 atom stereocenters. The molecular weight excluding hydrogens is 292 g/mol. The maximum atomic E-state index is 9.15. The zero-order valence-electron chi connectivity index (χ0n) is 10.1. The van der Waals surface area contributed by atoms with Crippen LogP contribution in [0.1, 0.15) is 24.2 Å². The van der Waals surface area contributed by atoms with Crippen LogP contribution in [0.5, 0.6) is 5.75 Å². The molecule has 0 aliphatic heterocycles. The molecule has 2 aromatic rings. The Morgan fingerprint density at radius 3 is 2.83 bits per heavy atom. The Labute approximate surface area is 115 Å². The Balaban J connectivity index is 1.96. The molecule has 18 heavy (non-hydrogen) atoms. The number of aromatic hydroxyl groups is 1. The highest BCUT2D eigenvalue weighted by molar-refractivity contribution is 9.10. The van der Waals surface area contributed by atoms with Crippen molar-refractivity contribution in [2.45, 2.75) is 19.5 Å². The lowest BCUT2D eigenvalue weighted by molar-refractivity contribution is 0.471. The van der Waals surface area contributed by atoms with Gasteiger partial charge in [0.15, 0.2) is 0 Å². The van der Waals surface area contributed by atoms with E-state index in [1.807, 2.05) is 18.2 Å². The van der Waals surface area contributed by atoms with E-state index in [1.54, 1.807) is 6.07 Å². The molecule has 0 saturated heterocycles. The van der Waals surface area contributed by atoms with Gasteiger partial charge in [-0.25, -0.2) is 0 Å². The molecule has 2 N–H and O–H groups in total. The van der Waals surface area contributed by atoms with Gasteiger partial charge >= 0.3 is 0 Å². The maximum absolute atomic E-state index is 9.15. The minimum Gasteiger partial charge on any atom is -0.506 e. The van der Waals surface area contributed by atoms with Gasteiger partial charge in [0.25, 0.3) is 0 Å². The summed E-state index contributed by atoms with van der Waals surface area (Å²) >= 11 is 3.47. The average molecular weight is 307 g/mol. The number of benzene rings is 1. The summed E-state index contributed by atoms with van der Waals surface area (Å²) in [6.07, 6.45) is 1.46. The zero-order valence-corrected chi connectivity index (χ0v) is 11.7. The summed E-state index contributed by atoms with van der Waals surface area (Å²) in [5.41, 5.74) is 2.14. The molecule has 1 unspecified atom stereocenters. The Hall–Kier alpha value is -1.39. The molecular formula is C14H15BrN2O. The molecule has 0 aliphatic rings. The van der Waals surface area contributed by atoms with E-state index < -0.39 is 0 Å². The van der Waals surface area contributed by atoms with E-state index in [9.17, 15) is 0 Å². The smallest absolute Gasteiger partial charge is 0.133 e. The van der Waals surface area contributed by atoms with E-state index in [0.29, 0.717) is 6.54 Å². The van der Waals surface area contributed by atoms with Crippen molar-refractivity contribution < 1.29 is 5.11 Å². The van der Waals surface area contributed by atoms with Crippen LogP contribution in [0, 0.1) is 0 Å². The Morgan fingerprint density at radius 2 is 2.17 bits per heavy atom. The number of hydrogen-bond donors (Lipinski definition) is 2. The van der Waals surface area contributed by atoms with Crippen LogP contribution in [0.15, 0.2) is 47.1 Å². The molecule has 0 saturated carbocycles. The molecule has 4 heteroatoms. The van der Waals surface area contributed by atoms with E-state index in [2.05, 4.69) is 45.3 Å². The first-order valence-corrected chi connectivity index (χ1v) is 6.57. The van der Waals surface area contributed by atoms with Crippen LogP contribution in [-0.2, 0) is 6.54 Å². The largest absolute Gasteiger partial charge is 0.506 e. The van der Waals surface area contributed by atoms with Crippen molar-refractivity contribution in [2.75, 3.05) is 0 Å². The van der Waals surface area contributed by atoms with Crippen molar-refractivity contribution in [3.63, 3.8) is 0 Å². The lowest BCUT2D eigenvalue weighted by Gasteiger charge is -2.14. The van der Waals surface area contributed by atoms with Gasteiger partial charge < -0.3 is 10.4 Å². The summed E-state index contributed by atoms with van der Waals surface area (Å²) in [5.74, 6) is 0.193. The standard InChI is InChI=1S/C14H15BrN2O/c1-10(11-3-2-4-12(15)7-11)16-8-13-5-6-14(18)9-17-13/h2-7,9-10,16,18H,8H2,1H3. The number of rotatable bonds is 4. The molecule has 0 fully saturated rings. The first kappa shape index (κ1) is 13.1. The molecule has 0 amide bonds. The Morgan fingerprint density at radius 1 is 1.33 bits per heavy atom. The molecule has 1 aromatic heterocycles.